The predicted octanol–water partition coefficient (Wildman–Crippen LogP) is 1.15. The van der Waals surface area contributed by atoms with Gasteiger partial charge in [-0.05, 0) is 48.2 Å². The number of hydrogen-bond donors (Lipinski definition) is 8. The van der Waals surface area contributed by atoms with Crippen LogP contribution in [0, 0.1) is 0 Å². The lowest BCUT2D eigenvalue weighted by atomic mass is 10.0. The van der Waals surface area contributed by atoms with Crippen LogP contribution < -0.4 is 21.7 Å². The van der Waals surface area contributed by atoms with Crippen molar-refractivity contribution in [3.05, 3.63) is 102 Å². The Bertz CT molecular complexity index is 1620. The summed E-state index contributed by atoms with van der Waals surface area (Å²) < 4.78 is 0. The van der Waals surface area contributed by atoms with E-state index in [0.29, 0.717) is 16.7 Å². The van der Waals surface area contributed by atoms with Gasteiger partial charge < -0.3 is 42.0 Å². The highest BCUT2D eigenvalue weighted by Gasteiger charge is 2.33. The predicted molar refractivity (Wildman–Crippen MR) is 167 cm³/mol. The Labute approximate surface area is 259 Å². The van der Waals surface area contributed by atoms with Gasteiger partial charge in [0, 0.05) is 29.9 Å². The summed E-state index contributed by atoms with van der Waals surface area (Å²) in [7, 11) is 0. The molecule has 12 heteroatoms. The van der Waals surface area contributed by atoms with Gasteiger partial charge in [0.15, 0.2) is 0 Å². The largest absolute Gasteiger partial charge is 0.508 e. The van der Waals surface area contributed by atoms with Crippen LogP contribution in [-0.4, -0.2) is 74.3 Å². The van der Waals surface area contributed by atoms with Gasteiger partial charge in [-0.1, -0.05) is 60.7 Å². The van der Waals surface area contributed by atoms with Gasteiger partial charge in [0.05, 0.1) is 12.1 Å². The molecule has 0 aliphatic heterocycles. The third kappa shape index (κ3) is 8.91. The molecule has 5 atom stereocenters. The van der Waals surface area contributed by atoms with Crippen LogP contribution in [-0.2, 0) is 38.4 Å². The van der Waals surface area contributed by atoms with Crippen LogP contribution in [0.2, 0.25) is 0 Å². The fraction of sp³-hybridized carbons (Fsp3) is 0.273. The van der Waals surface area contributed by atoms with Crippen molar-refractivity contribution in [2.45, 2.75) is 56.5 Å². The molecule has 0 aliphatic rings. The van der Waals surface area contributed by atoms with E-state index in [1.165, 1.54) is 19.1 Å². The third-order valence-electron chi connectivity index (χ3n) is 7.42. The number of nitrogens with one attached hydrogen (secondary N) is 4. The lowest BCUT2D eigenvalue weighted by Gasteiger charge is -2.26. The first-order chi connectivity index (χ1) is 21.5. The van der Waals surface area contributed by atoms with Crippen LogP contribution in [0.5, 0.6) is 5.75 Å². The standard InChI is InChI=1S/C33H37N5O7/c1-19(39)29(38-30(41)25(34)15-21-11-13-23(40)14-12-21)32(43)36-27(16-20-7-3-2-4-8-20)31(42)37-28(33(44)45)17-22-18-35-26-10-6-5-9-24(22)26/h2-14,18-19,25,27-29,35,39-40H,15-17,34H2,1H3,(H,36,43)(H,37,42)(H,38,41)(H,44,45). The number of fused-ring (bicyclic) bond motifs is 1. The Morgan fingerprint density at radius 3 is 2.04 bits per heavy atom. The highest BCUT2D eigenvalue weighted by molar-refractivity contribution is 5.95. The summed E-state index contributed by atoms with van der Waals surface area (Å²) in [5.41, 5.74) is 8.94. The molecule has 0 radical (unpaired) electrons. The number of aromatic hydroxyl groups is 1. The molecule has 1 heterocycles. The molecule has 0 bridgehead atoms. The second kappa shape index (κ2) is 15.0. The molecule has 0 aliphatic carbocycles. The molecule has 4 rings (SSSR count). The molecule has 0 saturated carbocycles. The van der Waals surface area contributed by atoms with E-state index < -0.39 is 54.0 Å². The van der Waals surface area contributed by atoms with Crippen LogP contribution in [0.1, 0.15) is 23.6 Å². The fourth-order valence-electron chi connectivity index (χ4n) is 4.96. The Kier molecular flexibility index (Phi) is 10.9. The van der Waals surface area contributed by atoms with E-state index in [-0.39, 0.29) is 25.0 Å². The summed E-state index contributed by atoms with van der Waals surface area (Å²) in [5, 5.41) is 38.3. The van der Waals surface area contributed by atoms with Gasteiger partial charge in [0.25, 0.3) is 0 Å². The molecule has 5 unspecified atom stereocenters. The number of amides is 3. The summed E-state index contributed by atoms with van der Waals surface area (Å²) in [5.74, 6) is -3.51. The van der Waals surface area contributed by atoms with Gasteiger partial charge in [-0.2, -0.15) is 0 Å². The number of aromatic nitrogens is 1. The van der Waals surface area contributed by atoms with Crippen molar-refractivity contribution in [1.82, 2.24) is 20.9 Å². The minimum absolute atomic E-state index is 0.0115. The lowest BCUT2D eigenvalue weighted by molar-refractivity contribution is -0.142. The molecule has 12 nitrogen and oxygen atoms in total. The fourth-order valence-corrected chi connectivity index (χ4v) is 4.96. The molecule has 236 valence electrons. The number of phenolic OH excluding ortho intramolecular Hbond substituents is 1. The van der Waals surface area contributed by atoms with Crippen molar-refractivity contribution in [3.8, 4) is 5.75 Å². The van der Waals surface area contributed by atoms with Crippen molar-refractivity contribution >= 4 is 34.6 Å². The zero-order valence-corrected chi connectivity index (χ0v) is 24.6. The van der Waals surface area contributed by atoms with Crippen LogP contribution >= 0.6 is 0 Å². The molecule has 3 amide bonds. The zero-order valence-electron chi connectivity index (χ0n) is 24.6. The maximum atomic E-state index is 13.6. The van der Waals surface area contributed by atoms with Crippen molar-refractivity contribution < 1.29 is 34.5 Å². The molecule has 4 aromatic rings. The number of carbonyl (C=O) groups excluding carboxylic acids is 3. The normalized spacial score (nSPS) is 14.5. The van der Waals surface area contributed by atoms with Crippen molar-refractivity contribution in [2.75, 3.05) is 0 Å². The van der Waals surface area contributed by atoms with E-state index in [0.717, 1.165) is 10.9 Å². The number of nitrogens with two attached hydrogens (primary N) is 1. The number of aliphatic hydroxyl groups is 1. The monoisotopic (exact) mass is 615 g/mol. The van der Waals surface area contributed by atoms with Crippen LogP contribution in [0.15, 0.2) is 85.1 Å². The summed E-state index contributed by atoms with van der Waals surface area (Å²) in [6.45, 7) is 1.31. The summed E-state index contributed by atoms with van der Waals surface area (Å²) in [6.07, 6.45) is 0.440. The first kappa shape index (κ1) is 32.7. The topological polar surface area (TPSA) is 207 Å². The number of para-hydroxylation sites is 1. The quantitative estimate of drug-likeness (QED) is 0.103. The van der Waals surface area contributed by atoms with Crippen molar-refractivity contribution in [2.24, 2.45) is 5.73 Å². The highest BCUT2D eigenvalue weighted by atomic mass is 16.4. The molecule has 0 fully saturated rings. The maximum absolute atomic E-state index is 13.6. The Morgan fingerprint density at radius 1 is 0.756 bits per heavy atom. The molecular formula is C33H37N5O7. The Morgan fingerprint density at radius 2 is 1.38 bits per heavy atom. The second-order valence-corrected chi connectivity index (χ2v) is 10.9. The summed E-state index contributed by atoms with van der Waals surface area (Å²) in [4.78, 5) is 55.2. The number of aliphatic hydroxyl groups excluding tert-OH is 1. The smallest absolute Gasteiger partial charge is 0.326 e. The molecule has 0 saturated heterocycles. The minimum Gasteiger partial charge on any atom is -0.508 e. The molecular weight excluding hydrogens is 578 g/mol. The highest BCUT2D eigenvalue weighted by Crippen LogP contribution is 2.19. The first-order valence-corrected chi connectivity index (χ1v) is 14.5. The maximum Gasteiger partial charge on any atom is 0.326 e. The van der Waals surface area contributed by atoms with E-state index in [1.54, 1.807) is 48.7 Å². The van der Waals surface area contributed by atoms with Gasteiger partial charge in [0.1, 0.15) is 23.9 Å². The summed E-state index contributed by atoms with van der Waals surface area (Å²) in [6, 6.07) is 17.2. The number of benzene rings is 3. The van der Waals surface area contributed by atoms with Gasteiger partial charge in [0.2, 0.25) is 17.7 Å². The van der Waals surface area contributed by atoms with E-state index in [4.69, 9.17) is 5.73 Å². The second-order valence-electron chi connectivity index (χ2n) is 10.9. The van der Waals surface area contributed by atoms with Crippen LogP contribution in [0.25, 0.3) is 10.9 Å². The number of carboxylic acids is 1. The van der Waals surface area contributed by atoms with Gasteiger partial charge in [-0.3, -0.25) is 14.4 Å². The number of aromatic amines is 1. The Balaban J connectivity index is 1.48. The van der Waals surface area contributed by atoms with Gasteiger partial charge in [-0.25, -0.2) is 4.79 Å². The zero-order chi connectivity index (χ0) is 32.5. The molecule has 0 spiro atoms. The molecule has 1 aromatic heterocycles. The molecule has 45 heavy (non-hydrogen) atoms. The van der Waals surface area contributed by atoms with Gasteiger partial charge >= 0.3 is 5.97 Å². The molecule has 3 aromatic carbocycles. The van der Waals surface area contributed by atoms with Crippen molar-refractivity contribution in [3.63, 3.8) is 0 Å². The number of aliphatic carboxylic acids is 1. The van der Waals surface area contributed by atoms with E-state index >= 15 is 0 Å². The first-order valence-electron chi connectivity index (χ1n) is 14.5. The van der Waals surface area contributed by atoms with Gasteiger partial charge in [-0.15, -0.1) is 0 Å². The minimum atomic E-state index is -1.46. The van der Waals surface area contributed by atoms with Crippen molar-refractivity contribution in [1.29, 1.82) is 0 Å². The summed E-state index contributed by atoms with van der Waals surface area (Å²) >= 11 is 0. The number of carbonyl (C=O) groups is 4. The van der Waals surface area contributed by atoms with E-state index in [9.17, 15) is 34.5 Å². The SMILES string of the molecule is CC(O)C(NC(=O)C(N)Cc1ccc(O)cc1)C(=O)NC(Cc1ccccc1)C(=O)NC(Cc1c[nH]c2ccccc12)C(=O)O. The van der Waals surface area contributed by atoms with Crippen LogP contribution in [0.4, 0.5) is 0 Å². The lowest BCUT2D eigenvalue weighted by Crippen LogP contribution is -2.60. The number of hydrogen-bond acceptors (Lipinski definition) is 7. The average Bonchev–Trinajstić information content (AvgIpc) is 3.43. The van der Waals surface area contributed by atoms with E-state index in [1.807, 2.05) is 24.3 Å². The number of carboxylic acid groups (broad SMARTS) is 1. The average molecular weight is 616 g/mol. The third-order valence-corrected chi connectivity index (χ3v) is 7.42. The Hall–Kier alpha value is -5.20. The number of phenols is 1. The van der Waals surface area contributed by atoms with Crippen LogP contribution in [0.3, 0.4) is 0 Å². The number of H-pyrrole nitrogens is 1. The van der Waals surface area contributed by atoms with E-state index in [2.05, 4.69) is 20.9 Å². The number of rotatable bonds is 14. The molecule has 9 N–H and O–H groups in total.